The maximum absolute atomic E-state index is 14.1. The van der Waals surface area contributed by atoms with E-state index in [4.69, 9.17) is 9.94 Å². The fraction of sp³-hybridized carbons (Fsp3) is 0.333. The van der Waals surface area contributed by atoms with Gasteiger partial charge in [0.05, 0.1) is 11.7 Å². The first-order chi connectivity index (χ1) is 19.0. The molecule has 0 radical (unpaired) electrons. The first kappa shape index (κ1) is 25.1. The predicted molar refractivity (Wildman–Crippen MR) is 149 cm³/mol. The highest BCUT2D eigenvalue weighted by atomic mass is 16.7. The maximum atomic E-state index is 14.1. The lowest BCUT2D eigenvalue weighted by Gasteiger charge is -2.22. The van der Waals surface area contributed by atoms with Crippen molar-refractivity contribution in [3.8, 4) is 11.1 Å². The van der Waals surface area contributed by atoms with E-state index in [0.29, 0.717) is 23.9 Å². The van der Waals surface area contributed by atoms with Gasteiger partial charge in [0.2, 0.25) is 5.78 Å². The quantitative estimate of drug-likeness (QED) is 0.350. The molecule has 4 aromatic rings. The number of aliphatic hydroxyl groups is 1. The molecule has 0 saturated heterocycles. The van der Waals surface area contributed by atoms with Crippen molar-refractivity contribution in [1.82, 2.24) is 24.5 Å². The third-order valence-electron chi connectivity index (χ3n) is 7.37. The minimum Gasteiger partial charge on any atom is -0.340 e. The van der Waals surface area contributed by atoms with Crippen LogP contribution in [0.5, 0.6) is 0 Å². The van der Waals surface area contributed by atoms with Gasteiger partial charge >= 0.3 is 6.41 Å². The van der Waals surface area contributed by atoms with Crippen molar-refractivity contribution < 1.29 is 9.94 Å². The minimum absolute atomic E-state index is 0.0136. The van der Waals surface area contributed by atoms with Gasteiger partial charge in [0.1, 0.15) is 5.82 Å². The Morgan fingerprint density at radius 3 is 2.62 bits per heavy atom. The Bertz CT molecular complexity index is 1630. The number of amidine groups is 1. The number of oxime groups is 1. The Balaban J connectivity index is 1.39. The number of allylic oxidation sites excluding steroid dienone is 2. The van der Waals surface area contributed by atoms with Crippen molar-refractivity contribution in [3.63, 3.8) is 0 Å². The lowest BCUT2D eigenvalue weighted by Crippen LogP contribution is -2.32. The molecule has 2 aromatic carbocycles. The van der Waals surface area contributed by atoms with Crippen LogP contribution in [0.4, 0.5) is 0 Å². The number of hydrogen-bond acceptors (Lipinski definition) is 7. The summed E-state index contributed by atoms with van der Waals surface area (Å²) in [7, 11) is 0. The third-order valence-corrected chi connectivity index (χ3v) is 7.37. The second kappa shape index (κ2) is 10.5. The molecule has 6 rings (SSSR count). The number of nitrogens with one attached hydrogen (secondary N) is 1. The lowest BCUT2D eigenvalue weighted by molar-refractivity contribution is -0.0896. The SMILES string of the molecule is CCCc1c(Cc2ccc(-c3ccccc3C3=NOC(O)N3)cc2)c(=O)n(C2C=CCCC2)c2nc(C)nn12. The summed E-state index contributed by atoms with van der Waals surface area (Å²) in [4.78, 5) is 23.7. The van der Waals surface area contributed by atoms with Gasteiger partial charge in [-0.1, -0.05) is 79.2 Å². The van der Waals surface area contributed by atoms with E-state index in [0.717, 1.165) is 65.6 Å². The summed E-state index contributed by atoms with van der Waals surface area (Å²) in [5, 5.41) is 21.2. The minimum atomic E-state index is -1.15. The van der Waals surface area contributed by atoms with E-state index in [-0.39, 0.29) is 11.6 Å². The molecule has 0 fully saturated rings. The van der Waals surface area contributed by atoms with Crippen LogP contribution in [0.25, 0.3) is 16.9 Å². The zero-order chi connectivity index (χ0) is 26.9. The van der Waals surface area contributed by atoms with Crippen LogP contribution in [0.2, 0.25) is 0 Å². The second-order valence-corrected chi connectivity index (χ2v) is 10.1. The lowest BCUT2D eigenvalue weighted by atomic mass is 9.96. The number of aromatic nitrogens is 4. The topological polar surface area (TPSA) is 106 Å². The molecule has 2 aliphatic rings. The molecule has 3 heterocycles. The summed E-state index contributed by atoms with van der Waals surface area (Å²) in [5.41, 5.74) is 5.58. The van der Waals surface area contributed by atoms with E-state index in [1.165, 1.54) is 0 Å². The van der Waals surface area contributed by atoms with Gasteiger partial charge in [-0.25, -0.2) is 4.52 Å². The number of aryl methyl sites for hydroxylation is 2. The standard InChI is InChI=1S/C30H32N6O3/c1-3-9-26-25(28(37)35(22-10-5-4-6-11-22)29-31-19(2)33-36(26)29)18-20-14-16-21(17-15-20)23-12-7-8-13-24(23)27-32-30(38)39-34-27/h5,7-8,10,12-17,22,30,38H,3-4,6,9,11,18H2,1-2H3,(H,32,34). The predicted octanol–water partition coefficient (Wildman–Crippen LogP) is 4.25. The summed E-state index contributed by atoms with van der Waals surface area (Å²) in [6.45, 7) is 4.00. The summed E-state index contributed by atoms with van der Waals surface area (Å²) in [6, 6.07) is 16.1. The van der Waals surface area contributed by atoms with Crippen molar-refractivity contribution in [1.29, 1.82) is 0 Å². The van der Waals surface area contributed by atoms with E-state index >= 15 is 0 Å². The van der Waals surface area contributed by atoms with Crippen molar-refractivity contribution in [3.05, 3.63) is 99.2 Å². The number of hydrogen-bond donors (Lipinski definition) is 2. The molecule has 2 atom stereocenters. The highest BCUT2D eigenvalue weighted by Gasteiger charge is 2.24. The van der Waals surface area contributed by atoms with Gasteiger partial charge in [-0.2, -0.15) is 10.1 Å². The van der Waals surface area contributed by atoms with Crippen LogP contribution in [0.15, 0.2) is 70.6 Å². The Morgan fingerprint density at radius 1 is 1.13 bits per heavy atom. The fourth-order valence-corrected chi connectivity index (χ4v) is 5.55. The second-order valence-electron chi connectivity index (χ2n) is 10.1. The van der Waals surface area contributed by atoms with Gasteiger partial charge in [0.25, 0.3) is 5.56 Å². The number of rotatable bonds is 7. The first-order valence-electron chi connectivity index (χ1n) is 13.6. The molecule has 2 unspecified atom stereocenters. The number of nitrogens with zero attached hydrogens (tertiary/aromatic N) is 5. The third kappa shape index (κ3) is 4.74. The van der Waals surface area contributed by atoms with Crippen LogP contribution < -0.4 is 10.9 Å². The average molecular weight is 525 g/mol. The van der Waals surface area contributed by atoms with Gasteiger partial charge < -0.3 is 15.3 Å². The van der Waals surface area contributed by atoms with Gasteiger partial charge in [-0.15, -0.1) is 0 Å². The van der Waals surface area contributed by atoms with Gasteiger partial charge in [0, 0.05) is 17.5 Å². The molecular weight excluding hydrogens is 492 g/mol. The molecule has 200 valence electrons. The zero-order valence-corrected chi connectivity index (χ0v) is 22.2. The molecule has 0 bridgehead atoms. The Hall–Kier alpha value is -4.24. The zero-order valence-electron chi connectivity index (χ0n) is 22.2. The summed E-state index contributed by atoms with van der Waals surface area (Å²) in [5.74, 6) is 1.78. The van der Waals surface area contributed by atoms with Crippen molar-refractivity contribution in [2.24, 2.45) is 5.16 Å². The molecule has 39 heavy (non-hydrogen) atoms. The van der Waals surface area contributed by atoms with Crippen LogP contribution >= 0.6 is 0 Å². The smallest absolute Gasteiger partial charge is 0.304 e. The van der Waals surface area contributed by atoms with Gasteiger partial charge in [-0.3, -0.25) is 9.36 Å². The Labute approximate surface area is 226 Å². The number of aliphatic hydroxyl groups excluding tert-OH is 1. The molecule has 0 amide bonds. The average Bonchev–Trinajstić information content (AvgIpc) is 3.57. The summed E-state index contributed by atoms with van der Waals surface area (Å²) in [6.07, 6.45) is 8.33. The fourth-order valence-electron chi connectivity index (χ4n) is 5.55. The van der Waals surface area contributed by atoms with Crippen LogP contribution in [0, 0.1) is 6.92 Å². The van der Waals surface area contributed by atoms with E-state index < -0.39 is 6.41 Å². The van der Waals surface area contributed by atoms with Crippen LogP contribution in [0.1, 0.15) is 66.9 Å². The van der Waals surface area contributed by atoms with Crippen LogP contribution in [-0.4, -0.2) is 36.5 Å². The maximum Gasteiger partial charge on any atom is 0.304 e. The number of benzene rings is 2. The Morgan fingerprint density at radius 2 is 1.92 bits per heavy atom. The highest BCUT2D eigenvalue weighted by molar-refractivity contribution is 6.04. The molecule has 2 N–H and O–H groups in total. The highest BCUT2D eigenvalue weighted by Crippen LogP contribution is 2.27. The van der Waals surface area contributed by atoms with Crippen LogP contribution in [0.3, 0.4) is 0 Å². The first-order valence-corrected chi connectivity index (χ1v) is 13.6. The summed E-state index contributed by atoms with van der Waals surface area (Å²) >= 11 is 0. The normalized spacial score (nSPS) is 18.7. The molecule has 0 saturated carbocycles. The van der Waals surface area contributed by atoms with E-state index in [2.05, 4.69) is 58.8 Å². The summed E-state index contributed by atoms with van der Waals surface area (Å²) < 4.78 is 3.75. The van der Waals surface area contributed by atoms with E-state index in [1.807, 2.05) is 40.3 Å². The Kier molecular flexibility index (Phi) is 6.74. The van der Waals surface area contributed by atoms with Gasteiger partial charge in [-0.05, 0) is 49.3 Å². The molecule has 9 nitrogen and oxygen atoms in total. The van der Waals surface area contributed by atoms with Crippen molar-refractivity contribution in [2.45, 2.75) is 64.8 Å². The number of fused-ring (bicyclic) bond motifs is 1. The molecule has 1 aliphatic heterocycles. The van der Waals surface area contributed by atoms with E-state index in [1.54, 1.807) is 0 Å². The molecular formula is C30H32N6O3. The van der Waals surface area contributed by atoms with E-state index in [9.17, 15) is 9.90 Å². The molecule has 1 aliphatic carbocycles. The van der Waals surface area contributed by atoms with Gasteiger partial charge in [0.15, 0.2) is 5.84 Å². The molecule has 9 heteroatoms. The molecule has 2 aromatic heterocycles. The molecule has 0 spiro atoms. The van der Waals surface area contributed by atoms with Crippen LogP contribution in [-0.2, 0) is 17.7 Å². The monoisotopic (exact) mass is 524 g/mol. The van der Waals surface area contributed by atoms with Crippen molar-refractivity contribution in [2.75, 3.05) is 0 Å². The van der Waals surface area contributed by atoms with Crippen molar-refractivity contribution >= 4 is 11.6 Å². The largest absolute Gasteiger partial charge is 0.340 e.